The molecule has 2 rings (SSSR count). The minimum atomic E-state index is -0.843. The number of hydrogen-bond acceptors (Lipinski definition) is 6. The van der Waals surface area contributed by atoms with Crippen LogP contribution in [0.5, 0.6) is 0 Å². The molecule has 0 amide bonds. The van der Waals surface area contributed by atoms with Crippen molar-refractivity contribution in [3.05, 3.63) is 0 Å². The first-order valence-electron chi connectivity index (χ1n) is 11.9. The van der Waals surface area contributed by atoms with Crippen LogP contribution in [0.15, 0.2) is 0 Å². The number of carbonyl (C=O) groups is 3. The fourth-order valence-electron chi connectivity index (χ4n) is 4.95. The van der Waals surface area contributed by atoms with E-state index < -0.39 is 16.4 Å². The van der Waals surface area contributed by atoms with Gasteiger partial charge < -0.3 is 14.6 Å². The third-order valence-electron chi connectivity index (χ3n) is 7.46. The Labute approximate surface area is 187 Å². The van der Waals surface area contributed by atoms with E-state index in [1.807, 2.05) is 41.5 Å². The standard InChI is InChI=1S/C25H42O6/c1-7-25(6,22(29)31-24(4,5)17-8-10-18(26)11-9-17)16-23(2,3)21(28)30-20-14-12-19(27)13-15-20/h17-18,20,26H,7-16H2,1-6H3. The van der Waals surface area contributed by atoms with Crippen LogP contribution in [0.3, 0.4) is 0 Å². The molecular weight excluding hydrogens is 396 g/mol. The highest BCUT2D eigenvalue weighted by atomic mass is 16.6. The lowest BCUT2D eigenvalue weighted by molar-refractivity contribution is -0.180. The molecule has 0 saturated heterocycles. The smallest absolute Gasteiger partial charge is 0.312 e. The molecule has 0 aliphatic heterocycles. The van der Waals surface area contributed by atoms with Gasteiger partial charge in [-0.15, -0.1) is 0 Å². The van der Waals surface area contributed by atoms with Crippen molar-refractivity contribution in [2.45, 2.75) is 124 Å². The Morgan fingerprint density at radius 3 is 2.00 bits per heavy atom. The fraction of sp³-hybridized carbons (Fsp3) is 0.880. The number of aliphatic hydroxyl groups is 1. The summed E-state index contributed by atoms with van der Waals surface area (Å²) in [6, 6.07) is 0. The highest BCUT2D eigenvalue weighted by molar-refractivity contribution is 5.81. The first-order valence-corrected chi connectivity index (χ1v) is 11.9. The van der Waals surface area contributed by atoms with E-state index in [4.69, 9.17) is 9.47 Å². The molecule has 2 fully saturated rings. The van der Waals surface area contributed by atoms with Gasteiger partial charge in [0.1, 0.15) is 17.5 Å². The molecule has 0 aromatic heterocycles. The predicted octanol–water partition coefficient (Wildman–Crippen LogP) is 4.75. The van der Waals surface area contributed by atoms with Crippen molar-refractivity contribution in [1.29, 1.82) is 0 Å². The molecule has 178 valence electrons. The molecule has 0 bridgehead atoms. The van der Waals surface area contributed by atoms with Crippen LogP contribution in [0.1, 0.15) is 106 Å². The number of aliphatic hydroxyl groups excluding tert-OH is 1. The van der Waals surface area contributed by atoms with Gasteiger partial charge in [-0.25, -0.2) is 0 Å². The van der Waals surface area contributed by atoms with Crippen LogP contribution >= 0.6 is 0 Å². The largest absolute Gasteiger partial charge is 0.462 e. The Morgan fingerprint density at radius 2 is 1.48 bits per heavy atom. The summed E-state index contributed by atoms with van der Waals surface area (Å²) in [5, 5.41) is 9.78. The molecule has 31 heavy (non-hydrogen) atoms. The second kappa shape index (κ2) is 10.0. The van der Waals surface area contributed by atoms with Crippen molar-refractivity contribution < 1.29 is 29.0 Å². The zero-order valence-corrected chi connectivity index (χ0v) is 20.3. The maximum atomic E-state index is 13.3. The SMILES string of the molecule is CCC(C)(CC(C)(C)C(=O)OC1CCC(=O)CC1)C(=O)OC(C)(C)C1CCC(O)CC1. The summed E-state index contributed by atoms with van der Waals surface area (Å²) in [7, 11) is 0. The lowest BCUT2D eigenvalue weighted by atomic mass is 9.72. The Balaban J connectivity index is 2.01. The van der Waals surface area contributed by atoms with Crippen molar-refractivity contribution in [2.24, 2.45) is 16.7 Å². The normalized spacial score (nSPS) is 25.6. The van der Waals surface area contributed by atoms with Gasteiger partial charge in [-0.05, 0) is 91.9 Å². The summed E-state index contributed by atoms with van der Waals surface area (Å²) in [6.07, 6.45) is 5.66. The van der Waals surface area contributed by atoms with E-state index in [1.165, 1.54) is 0 Å². The van der Waals surface area contributed by atoms with Gasteiger partial charge in [-0.3, -0.25) is 14.4 Å². The van der Waals surface area contributed by atoms with E-state index in [0.29, 0.717) is 38.5 Å². The average Bonchev–Trinajstić information content (AvgIpc) is 2.69. The lowest BCUT2D eigenvalue weighted by Crippen LogP contribution is -2.45. The van der Waals surface area contributed by atoms with E-state index in [9.17, 15) is 19.5 Å². The molecule has 0 spiro atoms. The van der Waals surface area contributed by atoms with Gasteiger partial charge >= 0.3 is 11.9 Å². The van der Waals surface area contributed by atoms with Crippen LogP contribution in [-0.2, 0) is 23.9 Å². The molecule has 2 aliphatic carbocycles. The van der Waals surface area contributed by atoms with Crippen molar-refractivity contribution in [2.75, 3.05) is 0 Å². The molecule has 0 heterocycles. The Hall–Kier alpha value is -1.43. The zero-order chi connectivity index (χ0) is 23.4. The van der Waals surface area contributed by atoms with Crippen molar-refractivity contribution in [1.82, 2.24) is 0 Å². The van der Waals surface area contributed by atoms with Crippen LogP contribution in [0.25, 0.3) is 0 Å². The van der Waals surface area contributed by atoms with Gasteiger partial charge in [0, 0.05) is 12.8 Å². The summed E-state index contributed by atoms with van der Waals surface area (Å²) < 4.78 is 11.8. The first kappa shape index (κ1) is 25.8. The van der Waals surface area contributed by atoms with E-state index in [1.54, 1.807) is 0 Å². The molecule has 1 N–H and O–H groups in total. The lowest BCUT2D eigenvalue weighted by Gasteiger charge is -2.41. The van der Waals surface area contributed by atoms with E-state index in [-0.39, 0.29) is 35.8 Å². The molecule has 1 atom stereocenters. The molecule has 0 aromatic rings. The van der Waals surface area contributed by atoms with Crippen LogP contribution in [0.4, 0.5) is 0 Å². The molecule has 0 aromatic carbocycles. The predicted molar refractivity (Wildman–Crippen MR) is 118 cm³/mol. The summed E-state index contributed by atoms with van der Waals surface area (Å²) in [4.78, 5) is 37.6. The second-order valence-corrected chi connectivity index (χ2v) is 11.1. The van der Waals surface area contributed by atoms with E-state index in [0.717, 1.165) is 25.7 Å². The second-order valence-electron chi connectivity index (χ2n) is 11.1. The average molecular weight is 439 g/mol. The Kier molecular flexibility index (Phi) is 8.34. The Bertz CT molecular complexity index is 649. The first-order chi connectivity index (χ1) is 14.3. The molecule has 1 unspecified atom stereocenters. The maximum Gasteiger partial charge on any atom is 0.312 e. The summed E-state index contributed by atoms with van der Waals surface area (Å²) >= 11 is 0. The number of esters is 2. The summed E-state index contributed by atoms with van der Waals surface area (Å²) in [5.41, 5.74) is -2.27. The molecule has 2 aliphatic rings. The quantitative estimate of drug-likeness (QED) is 0.550. The minimum absolute atomic E-state index is 0.216. The van der Waals surface area contributed by atoms with E-state index in [2.05, 4.69) is 0 Å². The minimum Gasteiger partial charge on any atom is -0.462 e. The number of hydrogen-bond donors (Lipinski definition) is 1. The Morgan fingerprint density at radius 1 is 0.935 bits per heavy atom. The number of rotatable bonds is 8. The molecule has 2 saturated carbocycles. The van der Waals surface area contributed by atoms with Crippen LogP contribution < -0.4 is 0 Å². The van der Waals surface area contributed by atoms with Crippen LogP contribution in [-0.4, -0.2) is 40.6 Å². The van der Waals surface area contributed by atoms with Gasteiger partial charge in [0.15, 0.2) is 0 Å². The van der Waals surface area contributed by atoms with Gasteiger partial charge in [0.25, 0.3) is 0 Å². The third kappa shape index (κ3) is 6.77. The van der Waals surface area contributed by atoms with Gasteiger partial charge in [-0.1, -0.05) is 6.92 Å². The topological polar surface area (TPSA) is 89.9 Å². The fourth-order valence-corrected chi connectivity index (χ4v) is 4.95. The highest BCUT2D eigenvalue weighted by Crippen LogP contribution is 2.42. The molecule has 0 radical (unpaired) electrons. The van der Waals surface area contributed by atoms with Gasteiger partial charge in [0.2, 0.25) is 0 Å². The van der Waals surface area contributed by atoms with Crippen LogP contribution in [0, 0.1) is 16.7 Å². The number of ketones is 1. The van der Waals surface area contributed by atoms with Crippen molar-refractivity contribution in [3.8, 4) is 0 Å². The maximum absolute atomic E-state index is 13.3. The number of ether oxygens (including phenoxy) is 2. The summed E-state index contributed by atoms with van der Waals surface area (Å²) in [6.45, 7) is 11.3. The summed E-state index contributed by atoms with van der Waals surface area (Å²) in [5.74, 6) is -0.161. The van der Waals surface area contributed by atoms with Gasteiger partial charge in [-0.2, -0.15) is 0 Å². The van der Waals surface area contributed by atoms with E-state index >= 15 is 0 Å². The zero-order valence-electron chi connectivity index (χ0n) is 20.3. The van der Waals surface area contributed by atoms with Gasteiger partial charge in [0.05, 0.1) is 16.9 Å². The molecular formula is C25H42O6. The third-order valence-corrected chi connectivity index (χ3v) is 7.46. The highest BCUT2D eigenvalue weighted by Gasteiger charge is 2.46. The van der Waals surface area contributed by atoms with Crippen molar-refractivity contribution >= 4 is 17.7 Å². The monoisotopic (exact) mass is 438 g/mol. The molecule has 6 heteroatoms. The van der Waals surface area contributed by atoms with Crippen LogP contribution in [0.2, 0.25) is 0 Å². The van der Waals surface area contributed by atoms with Crippen molar-refractivity contribution in [3.63, 3.8) is 0 Å². The molecule has 6 nitrogen and oxygen atoms in total. The number of carbonyl (C=O) groups excluding carboxylic acids is 3. The number of Topliss-reactive ketones (excluding diaryl/α,β-unsaturated/α-hetero) is 1.